The van der Waals surface area contributed by atoms with E-state index in [-0.39, 0.29) is 0 Å². The SMILES string of the molecule is COc1nc2c(I)cc(-c3c(C)noc3C)cc2[nH]1. The van der Waals surface area contributed by atoms with E-state index in [0.717, 1.165) is 37.2 Å². The number of aromatic nitrogens is 3. The molecule has 2 heterocycles. The molecule has 0 saturated heterocycles. The fourth-order valence-electron chi connectivity index (χ4n) is 2.19. The molecule has 0 unspecified atom stereocenters. The second-order valence-corrected chi connectivity index (χ2v) is 5.46. The first kappa shape index (κ1) is 12.5. The van der Waals surface area contributed by atoms with Gasteiger partial charge in [0, 0.05) is 9.13 Å². The van der Waals surface area contributed by atoms with E-state index in [0.29, 0.717) is 6.01 Å². The molecule has 0 amide bonds. The summed E-state index contributed by atoms with van der Waals surface area (Å²) in [5, 5.41) is 4.00. The molecule has 2 aromatic heterocycles. The third-order valence-electron chi connectivity index (χ3n) is 3.03. The zero-order valence-electron chi connectivity index (χ0n) is 10.7. The van der Waals surface area contributed by atoms with E-state index >= 15 is 0 Å². The fraction of sp³-hybridized carbons (Fsp3) is 0.231. The van der Waals surface area contributed by atoms with Crippen LogP contribution in [0.5, 0.6) is 6.01 Å². The minimum Gasteiger partial charge on any atom is -0.468 e. The van der Waals surface area contributed by atoms with Crippen molar-refractivity contribution in [2.24, 2.45) is 0 Å². The van der Waals surface area contributed by atoms with Gasteiger partial charge in [-0.25, -0.2) is 0 Å². The molecule has 19 heavy (non-hydrogen) atoms. The van der Waals surface area contributed by atoms with Crippen LogP contribution in [0.3, 0.4) is 0 Å². The van der Waals surface area contributed by atoms with Crippen molar-refractivity contribution in [3.8, 4) is 17.1 Å². The average Bonchev–Trinajstić information content (AvgIpc) is 2.93. The van der Waals surface area contributed by atoms with Crippen LogP contribution < -0.4 is 4.74 Å². The van der Waals surface area contributed by atoms with Gasteiger partial charge in [-0.15, -0.1) is 0 Å². The lowest BCUT2D eigenvalue weighted by Crippen LogP contribution is -1.85. The molecule has 3 rings (SSSR count). The van der Waals surface area contributed by atoms with Crippen LogP contribution in [0.25, 0.3) is 22.2 Å². The van der Waals surface area contributed by atoms with Crippen molar-refractivity contribution in [1.29, 1.82) is 0 Å². The number of rotatable bonds is 2. The van der Waals surface area contributed by atoms with Crippen LogP contribution in [0, 0.1) is 17.4 Å². The van der Waals surface area contributed by atoms with Crippen molar-refractivity contribution in [2.45, 2.75) is 13.8 Å². The largest absolute Gasteiger partial charge is 0.468 e. The van der Waals surface area contributed by atoms with E-state index in [9.17, 15) is 0 Å². The molecular weight excluding hydrogens is 357 g/mol. The van der Waals surface area contributed by atoms with Gasteiger partial charge in [0.05, 0.1) is 18.3 Å². The summed E-state index contributed by atoms with van der Waals surface area (Å²) < 4.78 is 11.4. The number of hydrogen-bond donors (Lipinski definition) is 1. The minimum absolute atomic E-state index is 0.517. The van der Waals surface area contributed by atoms with Crippen molar-refractivity contribution in [3.63, 3.8) is 0 Å². The number of imidazole rings is 1. The normalized spacial score (nSPS) is 11.2. The highest BCUT2D eigenvalue weighted by atomic mass is 127. The number of fused-ring (bicyclic) bond motifs is 1. The molecule has 0 radical (unpaired) electrons. The molecule has 0 spiro atoms. The number of nitrogens with one attached hydrogen (secondary N) is 1. The maximum Gasteiger partial charge on any atom is 0.294 e. The van der Waals surface area contributed by atoms with Crippen LogP contribution in [-0.2, 0) is 0 Å². The molecule has 6 heteroatoms. The van der Waals surface area contributed by atoms with Crippen molar-refractivity contribution in [1.82, 2.24) is 15.1 Å². The lowest BCUT2D eigenvalue weighted by Gasteiger charge is -2.02. The Hall–Kier alpha value is -1.57. The maximum absolute atomic E-state index is 5.23. The highest BCUT2D eigenvalue weighted by molar-refractivity contribution is 14.1. The molecule has 98 valence electrons. The first-order valence-corrected chi connectivity index (χ1v) is 6.84. The molecule has 0 aliphatic heterocycles. The van der Waals surface area contributed by atoms with Crippen LogP contribution >= 0.6 is 22.6 Å². The Bertz CT molecular complexity index is 741. The van der Waals surface area contributed by atoms with Gasteiger partial charge in [0.1, 0.15) is 11.3 Å². The van der Waals surface area contributed by atoms with Crippen LogP contribution in [0.1, 0.15) is 11.5 Å². The molecule has 3 aromatic rings. The third-order valence-corrected chi connectivity index (χ3v) is 3.86. The number of methoxy groups -OCH3 is 1. The van der Waals surface area contributed by atoms with Gasteiger partial charge in [-0.05, 0) is 54.1 Å². The van der Waals surface area contributed by atoms with Gasteiger partial charge < -0.3 is 14.2 Å². The molecule has 0 saturated carbocycles. The van der Waals surface area contributed by atoms with Gasteiger partial charge in [0.2, 0.25) is 0 Å². The molecule has 0 bridgehead atoms. The van der Waals surface area contributed by atoms with Crippen molar-refractivity contribution >= 4 is 33.6 Å². The Morgan fingerprint density at radius 1 is 1.32 bits per heavy atom. The number of aryl methyl sites for hydroxylation is 2. The summed E-state index contributed by atoms with van der Waals surface area (Å²) in [5.41, 5.74) is 4.85. The Kier molecular flexibility index (Phi) is 2.96. The van der Waals surface area contributed by atoms with E-state index in [1.165, 1.54) is 0 Å². The average molecular weight is 369 g/mol. The van der Waals surface area contributed by atoms with E-state index in [1.807, 2.05) is 19.9 Å². The molecule has 0 aliphatic rings. The van der Waals surface area contributed by atoms with E-state index in [4.69, 9.17) is 9.26 Å². The summed E-state index contributed by atoms with van der Waals surface area (Å²) >= 11 is 2.27. The van der Waals surface area contributed by atoms with Crippen molar-refractivity contribution in [3.05, 3.63) is 27.2 Å². The van der Waals surface area contributed by atoms with Crippen LogP contribution in [0.2, 0.25) is 0 Å². The predicted molar refractivity (Wildman–Crippen MR) is 80.3 cm³/mol. The summed E-state index contributed by atoms with van der Waals surface area (Å²) in [5.74, 6) is 0.819. The Balaban J connectivity index is 2.26. The lowest BCUT2D eigenvalue weighted by molar-refractivity contribution is 0.386. The van der Waals surface area contributed by atoms with Gasteiger partial charge in [0.15, 0.2) is 0 Å². The number of H-pyrrole nitrogens is 1. The fourth-order valence-corrected chi connectivity index (χ4v) is 2.94. The molecule has 5 nitrogen and oxygen atoms in total. The molecule has 1 N–H and O–H groups in total. The molecular formula is C13H12IN3O2. The van der Waals surface area contributed by atoms with Crippen LogP contribution in [0.4, 0.5) is 0 Å². The molecule has 0 aliphatic carbocycles. The van der Waals surface area contributed by atoms with Crippen molar-refractivity contribution in [2.75, 3.05) is 7.11 Å². The zero-order valence-corrected chi connectivity index (χ0v) is 12.9. The monoisotopic (exact) mass is 369 g/mol. The maximum atomic E-state index is 5.23. The zero-order chi connectivity index (χ0) is 13.6. The van der Waals surface area contributed by atoms with E-state index in [1.54, 1.807) is 7.11 Å². The highest BCUT2D eigenvalue weighted by Gasteiger charge is 2.15. The van der Waals surface area contributed by atoms with Gasteiger partial charge in [-0.3, -0.25) is 0 Å². The Labute approximate surface area is 123 Å². The van der Waals surface area contributed by atoms with Gasteiger partial charge >= 0.3 is 0 Å². The number of hydrogen-bond acceptors (Lipinski definition) is 4. The summed E-state index contributed by atoms with van der Waals surface area (Å²) in [4.78, 5) is 7.51. The predicted octanol–water partition coefficient (Wildman–Crippen LogP) is 3.45. The topological polar surface area (TPSA) is 63.9 Å². The number of aromatic amines is 1. The first-order chi connectivity index (χ1) is 9.10. The second kappa shape index (κ2) is 4.52. The quantitative estimate of drug-likeness (QED) is 0.703. The Morgan fingerprint density at radius 2 is 2.11 bits per heavy atom. The first-order valence-electron chi connectivity index (χ1n) is 5.76. The summed E-state index contributed by atoms with van der Waals surface area (Å²) in [6.07, 6.45) is 0. The Morgan fingerprint density at radius 3 is 2.74 bits per heavy atom. The molecule has 1 aromatic carbocycles. The third kappa shape index (κ3) is 1.99. The van der Waals surface area contributed by atoms with Gasteiger partial charge in [0.25, 0.3) is 6.01 Å². The molecule has 0 fully saturated rings. The summed E-state index contributed by atoms with van der Waals surface area (Å²) in [6.45, 7) is 3.86. The minimum atomic E-state index is 0.517. The standard InChI is InChI=1S/C13H12IN3O2/c1-6-11(7(2)19-17-6)8-4-9(14)12-10(5-8)15-13(16-12)18-3/h4-5H,1-3H3,(H,15,16). The molecule has 0 atom stereocenters. The van der Waals surface area contributed by atoms with E-state index in [2.05, 4.69) is 43.8 Å². The van der Waals surface area contributed by atoms with E-state index < -0.39 is 0 Å². The number of benzene rings is 1. The highest BCUT2D eigenvalue weighted by Crippen LogP contribution is 2.32. The van der Waals surface area contributed by atoms with Gasteiger partial charge in [-0.1, -0.05) is 5.16 Å². The van der Waals surface area contributed by atoms with Crippen molar-refractivity contribution < 1.29 is 9.26 Å². The van der Waals surface area contributed by atoms with Crippen LogP contribution in [-0.4, -0.2) is 22.2 Å². The van der Waals surface area contributed by atoms with Gasteiger partial charge in [-0.2, -0.15) is 4.98 Å². The number of nitrogens with zero attached hydrogens (tertiary/aromatic N) is 2. The number of ether oxygens (including phenoxy) is 1. The summed E-state index contributed by atoms with van der Waals surface area (Å²) in [6, 6.07) is 4.64. The second-order valence-electron chi connectivity index (χ2n) is 4.30. The lowest BCUT2D eigenvalue weighted by atomic mass is 10.0. The summed E-state index contributed by atoms with van der Waals surface area (Å²) in [7, 11) is 1.60. The van der Waals surface area contributed by atoms with Crippen LogP contribution in [0.15, 0.2) is 16.7 Å². The number of halogens is 1. The smallest absolute Gasteiger partial charge is 0.294 e.